The maximum atomic E-state index is 15.2. The van der Waals surface area contributed by atoms with Gasteiger partial charge in [-0.2, -0.15) is 0 Å². The molecule has 0 radical (unpaired) electrons. The Labute approximate surface area is 229 Å². The fourth-order valence-corrected chi connectivity index (χ4v) is 5.11. The SMILES string of the molecule is Nc1ccc(/C=C/C(=O)NCC2Cc3cc(-c4ccc(C(=O)N5CCCCC5)c(F)c4F)cc(Cl)c3O2)cn1. The molecule has 0 spiro atoms. The van der Waals surface area contributed by atoms with Gasteiger partial charge in [-0.25, -0.2) is 13.8 Å². The number of amides is 2. The van der Waals surface area contributed by atoms with Gasteiger partial charge >= 0.3 is 0 Å². The van der Waals surface area contributed by atoms with Gasteiger partial charge in [-0.3, -0.25) is 9.59 Å². The quantitative estimate of drug-likeness (QED) is 0.418. The number of piperidine rings is 1. The molecule has 1 saturated heterocycles. The first kappa shape index (κ1) is 26.6. The molecule has 5 rings (SSSR count). The molecular weight excluding hydrogens is 526 g/mol. The maximum absolute atomic E-state index is 15.2. The molecule has 7 nitrogen and oxygen atoms in total. The zero-order valence-corrected chi connectivity index (χ0v) is 21.8. The number of carbonyl (C=O) groups is 2. The highest BCUT2D eigenvalue weighted by atomic mass is 35.5. The van der Waals surface area contributed by atoms with Crippen molar-refractivity contribution in [2.24, 2.45) is 0 Å². The molecule has 0 saturated carbocycles. The molecule has 0 aliphatic carbocycles. The maximum Gasteiger partial charge on any atom is 0.256 e. The second-order valence-electron chi connectivity index (χ2n) is 9.63. The highest BCUT2D eigenvalue weighted by Crippen LogP contribution is 2.40. The summed E-state index contributed by atoms with van der Waals surface area (Å²) in [6.45, 7) is 1.31. The summed E-state index contributed by atoms with van der Waals surface area (Å²) < 4.78 is 36.1. The number of aromatic nitrogens is 1. The van der Waals surface area contributed by atoms with E-state index in [0.717, 1.165) is 24.8 Å². The molecule has 202 valence electrons. The van der Waals surface area contributed by atoms with Crippen molar-refractivity contribution in [1.82, 2.24) is 15.2 Å². The van der Waals surface area contributed by atoms with Gasteiger partial charge in [-0.05, 0) is 66.8 Å². The first-order valence-corrected chi connectivity index (χ1v) is 13.1. The third kappa shape index (κ3) is 5.88. The number of likely N-dealkylation sites (tertiary alicyclic amines) is 1. The van der Waals surface area contributed by atoms with E-state index in [1.165, 1.54) is 24.3 Å². The molecule has 0 bridgehead atoms. The summed E-state index contributed by atoms with van der Waals surface area (Å²) in [4.78, 5) is 30.5. The number of rotatable bonds is 6. The summed E-state index contributed by atoms with van der Waals surface area (Å²) in [6.07, 6.45) is 7.34. The van der Waals surface area contributed by atoms with Gasteiger partial charge in [-0.15, -0.1) is 0 Å². The first-order valence-electron chi connectivity index (χ1n) is 12.7. The van der Waals surface area contributed by atoms with Gasteiger partial charge in [0.25, 0.3) is 5.91 Å². The van der Waals surface area contributed by atoms with E-state index < -0.39 is 17.5 Å². The monoisotopic (exact) mass is 552 g/mol. The molecule has 2 amide bonds. The Morgan fingerprint density at radius 3 is 2.67 bits per heavy atom. The molecule has 3 heterocycles. The number of hydrogen-bond donors (Lipinski definition) is 2. The van der Waals surface area contributed by atoms with Crippen LogP contribution in [0.15, 0.2) is 48.7 Å². The van der Waals surface area contributed by atoms with Crippen LogP contribution >= 0.6 is 11.6 Å². The van der Waals surface area contributed by atoms with Gasteiger partial charge in [0.1, 0.15) is 17.7 Å². The number of hydrogen-bond acceptors (Lipinski definition) is 5. The Hall–Kier alpha value is -3.98. The van der Waals surface area contributed by atoms with E-state index in [1.54, 1.807) is 35.4 Å². The van der Waals surface area contributed by atoms with Crippen molar-refractivity contribution in [1.29, 1.82) is 0 Å². The van der Waals surface area contributed by atoms with Crippen LogP contribution in [0.4, 0.5) is 14.6 Å². The molecular formula is C29H27ClF2N4O3. The van der Waals surface area contributed by atoms with E-state index in [1.807, 2.05) is 0 Å². The molecule has 39 heavy (non-hydrogen) atoms. The largest absolute Gasteiger partial charge is 0.486 e. The Morgan fingerprint density at radius 1 is 1.13 bits per heavy atom. The van der Waals surface area contributed by atoms with Crippen LogP contribution in [0, 0.1) is 11.6 Å². The molecule has 2 aromatic carbocycles. The van der Waals surface area contributed by atoms with Crippen molar-refractivity contribution < 1.29 is 23.1 Å². The molecule has 1 atom stereocenters. The number of anilines is 1. The highest BCUT2D eigenvalue weighted by molar-refractivity contribution is 6.32. The number of nitrogens with two attached hydrogens (primary N) is 1. The smallest absolute Gasteiger partial charge is 0.256 e. The van der Waals surface area contributed by atoms with Crippen molar-refractivity contribution in [2.45, 2.75) is 31.8 Å². The Balaban J connectivity index is 1.26. The summed E-state index contributed by atoms with van der Waals surface area (Å²) in [5.74, 6) is -2.23. The number of benzene rings is 2. The van der Waals surface area contributed by atoms with Crippen LogP contribution in [0.3, 0.4) is 0 Å². The molecule has 1 aromatic heterocycles. The number of nitrogens with one attached hydrogen (secondary N) is 1. The molecule has 3 aromatic rings. The molecule has 3 N–H and O–H groups in total. The van der Waals surface area contributed by atoms with Crippen LogP contribution in [-0.2, 0) is 11.2 Å². The van der Waals surface area contributed by atoms with Gasteiger partial charge in [-0.1, -0.05) is 17.7 Å². The average molecular weight is 553 g/mol. The zero-order chi connectivity index (χ0) is 27.5. The molecule has 10 heteroatoms. The summed E-state index contributed by atoms with van der Waals surface area (Å²) in [5, 5.41) is 3.03. The predicted octanol–water partition coefficient (Wildman–Crippen LogP) is 5.02. The summed E-state index contributed by atoms with van der Waals surface area (Å²) in [5.41, 5.74) is 7.12. The lowest BCUT2D eigenvalue weighted by Crippen LogP contribution is -2.36. The van der Waals surface area contributed by atoms with Crippen molar-refractivity contribution in [3.8, 4) is 16.9 Å². The minimum absolute atomic E-state index is 0.00596. The summed E-state index contributed by atoms with van der Waals surface area (Å²) in [6, 6.07) is 9.33. The molecule has 1 fully saturated rings. The number of nitrogen functional groups attached to an aromatic ring is 1. The van der Waals surface area contributed by atoms with Crippen LogP contribution in [-0.4, -0.2) is 47.4 Å². The molecule has 2 aliphatic heterocycles. The van der Waals surface area contributed by atoms with E-state index >= 15 is 8.78 Å². The van der Waals surface area contributed by atoms with Gasteiger partial charge in [0.15, 0.2) is 11.6 Å². The van der Waals surface area contributed by atoms with E-state index in [-0.39, 0.29) is 34.7 Å². The van der Waals surface area contributed by atoms with Gasteiger partial charge in [0.05, 0.1) is 17.1 Å². The van der Waals surface area contributed by atoms with Crippen LogP contribution in [0.5, 0.6) is 5.75 Å². The van der Waals surface area contributed by atoms with E-state index in [4.69, 9.17) is 22.1 Å². The lowest BCUT2D eigenvalue weighted by Gasteiger charge is -2.27. The van der Waals surface area contributed by atoms with E-state index in [2.05, 4.69) is 10.3 Å². The number of nitrogens with zero attached hydrogens (tertiary/aromatic N) is 2. The third-order valence-corrected chi connectivity index (χ3v) is 7.14. The number of ether oxygens (including phenoxy) is 1. The number of halogens is 3. The van der Waals surface area contributed by atoms with Gasteiger partial charge in [0.2, 0.25) is 5.91 Å². The number of pyridine rings is 1. The normalized spacial score (nSPS) is 16.7. The Bertz CT molecular complexity index is 1440. The first-order chi connectivity index (χ1) is 18.8. The van der Waals surface area contributed by atoms with Crippen LogP contribution in [0.25, 0.3) is 17.2 Å². The van der Waals surface area contributed by atoms with Crippen LogP contribution in [0.1, 0.15) is 40.7 Å². The summed E-state index contributed by atoms with van der Waals surface area (Å²) >= 11 is 6.44. The highest BCUT2D eigenvalue weighted by Gasteiger charge is 2.28. The number of carbonyl (C=O) groups excluding carboxylic acids is 2. The lowest BCUT2D eigenvalue weighted by molar-refractivity contribution is -0.116. The van der Waals surface area contributed by atoms with Gasteiger partial charge in [0, 0.05) is 42.9 Å². The van der Waals surface area contributed by atoms with E-state index in [0.29, 0.717) is 42.2 Å². The minimum Gasteiger partial charge on any atom is -0.486 e. The van der Waals surface area contributed by atoms with Crippen molar-refractivity contribution >= 4 is 35.3 Å². The van der Waals surface area contributed by atoms with Gasteiger partial charge < -0.3 is 20.7 Å². The van der Waals surface area contributed by atoms with Crippen molar-refractivity contribution in [3.05, 3.63) is 82.0 Å². The summed E-state index contributed by atoms with van der Waals surface area (Å²) in [7, 11) is 0. The lowest BCUT2D eigenvalue weighted by atomic mass is 9.98. The number of fused-ring (bicyclic) bond motifs is 1. The van der Waals surface area contributed by atoms with Crippen molar-refractivity contribution in [2.75, 3.05) is 25.4 Å². The molecule has 2 aliphatic rings. The van der Waals surface area contributed by atoms with Crippen LogP contribution < -0.4 is 15.8 Å². The van der Waals surface area contributed by atoms with Crippen LogP contribution in [0.2, 0.25) is 5.02 Å². The minimum atomic E-state index is -1.17. The second kappa shape index (κ2) is 11.4. The Kier molecular flexibility index (Phi) is 7.79. The average Bonchev–Trinajstić information content (AvgIpc) is 3.37. The van der Waals surface area contributed by atoms with E-state index in [9.17, 15) is 9.59 Å². The zero-order valence-electron chi connectivity index (χ0n) is 21.1. The molecule has 1 unspecified atom stereocenters. The second-order valence-corrected chi connectivity index (χ2v) is 10.0. The Morgan fingerprint density at radius 2 is 1.92 bits per heavy atom. The fourth-order valence-electron chi connectivity index (χ4n) is 4.82. The fraction of sp³-hybridized carbons (Fsp3) is 0.276. The third-order valence-electron chi connectivity index (χ3n) is 6.86. The standard InChI is InChI=1S/C29H27ClF2N4O3/c30-23-14-18(21-6-7-22(27(32)26(21)31)29(38)36-10-2-1-3-11-36)12-19-13-20(39-28(19)23)16-35-25(37)9-5-17-4-8-24(33)34-15-17/h4-9,12,14-15,20H,1-3,10-11,13,16H2,(H2,33,34)(H,35,37)/b9-5+. The topological polar surface area (TPSA) is 97.5 Å². The predicted molar refractivity (Wildman–Crippen MR) is 145 cm³/mol. The van der Waals surface area contributed by atoms with Crippen molar-refractivity contribution in [3.63, 3.8) is 0 Å².